The maximum Gasteiger partial charge on any atom is 0.338 e. The summed E-state index contributed by atoms with van der Waals surface area (Å²) in [6.45, 7) is 15.5. The lowest BCUT2D eigenvalue weighted by molar-refractivity contribution is 0.0499. The molecule has 3 heteroatoms. The summed E-state index contributed by atoms with van der Waals surface area (Å²) in [6, 6.07) is 5.63. The van der Waals surface area contributed by atoms with Crippen molar-refractivity contribution < 1.29 is 14.3 Å². The zero-order valence-electron chi connectivity index (χ0n) is 19.0. The smallest absolute Gasteiger partial charge is 0.338 e. The fourth-order valence-electron chi connectivity index (χ4n) is 4.24. The molecule has 1 aromatic carbocycles. The second-order valence-corrected chi connectivity index (χ2v) is 8.56. The molecule has 0 radical (unpaired) electrons. The molecule has 3 nitrogen and oxygen atoms in total. The predicted molar refractivity (Wildman–Crippen MR) is 121 cm³/mol. The van der Waals surface area contributed by atoms with Crippen molar-refractivity contribution in [3.05, 3.63) is 58.7 Å². The van der Waals surface area contributed by atoms with Gasteiger partial charge in [0.25, 0.3) is 0 Å². The molecule has 0 unspecified atom stereocenters. The monoisotopic (exact) mass is 396 g/mol. The number of unbranched alkanes of at least 4 members (excludes halogenated alkanes) is 1. The van der Waals surface area contributed by atoms with Crippen LogP contribution >= 0.6 is 0 Å². The summed E-state index contributed by atoms with van der Waals surface area (Å²) in [6.07, 6.45) is 7.24. The fraction of sp³-hybridized carbons (Fsp3) is 0.500. The number of esters is 1. The Morgan fingerprint density at radius 3 is 2.62 bits per heavy atom. The highest BCUT2D eigenvalue weighted by Gasteiger charge is 2.33. The van der Waals surface area contributed by atoms with Crippen molar-refractivity contribution >= 4 is 11.5 Å². The van der Waals surface area contributed by atoms with Crippen molar-refractivity contribution in [3.63, 3.8) is 0 Å². The third-order valence-corrected chi connectivity index (χ3v) is 5.85. The molecule has 1 aromatic rings. The van der Waals surface area contributed by atoms with E-state index in [4.69, 9.17) is 9.47 Å². The SMILES string of the molecule is C=CC(C)=C(C1=C(C)CCCC1(C)C)c1ccc(C(=O)OCCCC)cc1OC. The number of ether oxygens (including phenoxy) is 2. The Kier molecular flexibility index (Phi) is 7.89. The van der Waals surface area contributed by atoms with Crippen LogP contribution in [0.15, 0.2) is 47.6 Å². The molecule has 0 spiro atoms. The highest BCUT2D eigenvalue weighted by molar-refractivity contribution is 5.93. The van der Waals surface area contributed by atoms with Crippen LogP contribution in [0.25, 0.3) is 5.57 Å². The maximum absolute atomic E-state index is 12.4. The van der Waals surface area contributed by atoms with Gasteiger partial charge in [-0.25, -0.2) is 4.79 Å². The molecule has 0 amide bonds. The number of hydrogen-bond acceptors (Lipinski definition) is 3. The molecule has 0 saturated carbocycles. The van der Waals surface area contributed by atoms with Gasteiger partial charge >= 0.3 is 5.97 Å². The second kappa shape index (κ2) is 9.96. The highest BCUT2D eigenvalue weighted by atomic mass is 16.5. The summed E-state index contributed by atoms with van der Waals surface area (Å²) >= 11 is 0. The van der Waals surface area contributed by atoms with E-state index >= 15 is 0 Å². The summed E-state index contributed by atoms with van der Waals surface area (Å²) in [5.41, 5.74) is 6.67. The Labute approximate surface area is 176 Å². The number of methoxy groups -OCH3 is 1. The van der Waals surface area contributed by atoms with Crippen molar-refractivity contribution in [3.8, 4) is 5.75 Å². The van der Waals surface area contributed by atoms with Gasteiger partial charge in [-0.3, -0.25) is 0 Å². The summed E-state index contributed by atoms with van der Waals surface area (Å²) < 4.78 is 11.1. The topological polar surface area (TPSA) is 35.5 Å². The largest absolute Gasteiger partial charge is 0.496 e. The van der Waals surface area contributed by atoms with Gasteiger partial charge in [-0.2, -0.15) is 0 Å². The normalized spacial score (nSPS) is 16.9. The van der Waals surface area contributed by atoms with E-state index in [-0.39, 0.29) is 11.4 Å². The van der Waals surface area contributed by atoms with Gasteiger partial charge < -0.3 is 9.47 Å². The first kappa shape index (κ1) is 23.0. The number of hydrogen-bond donors (Lipinski definition) is 0. The highest BCUT2D eigenvalue weighted by Crippen LogP contribution is 2.49. The van der Waals surface area contributed by atoms with E-state index in [1.54, 1.807) is 13.2 Å². The molecular formula is C26H36O3. The Morgan fingerprint density at radius 1 is 1.31 bits per heavy atom. The van der Waals surface area contributed by atoms with Gasteiger partial charge in [0.1, 0.15) is 5.75 Å². The van der Waals surface area contributed by atoms with Crippen LogP contribution in [0.4, 0.5) is 0 Å². The van der Waals surface area contributed by atoms with Crippen LogP contribution in [0.2, 0.25) is 0 Å². The number of allylic oxidation sites excluding steroid dienone is 5. The summed E-state index contributed by atoms with van der Waals surface area (Å²) in [5, 5.41) is 0. The van der Waals surface area contributed by atoms with E-state index < -0.39 is 0 Å². The zero-order valence-corrected chi connectivity index (χ0v) is 19.0. The Hall–Kier alpha value is -2.29. The van der Waals surface area contributed by atoms with Crippen LogP contribution in [-0.4, -0.2) is 19.7 Å². The molecule has 29 heavy (non-hydrogen) atoms. The van der Waals surface area contributed by atoms with Crippen molar-refractivity contribution in [1.29, 1.82) is 0 Å². The Balaban J connectivity index is 2.56. The van der Waals surface area contributed by atoms with Crippen LogP contribution in [0.3, 0.4) is 0 Å². The van der Waals surface area contributed by atoms with Crippen LogP contribution in [-0.2, 0) is 4.74 Å². The van der Waals surface area contributed by atoms with Gasteiger partial charge in [0, 0.05) is 5.56 Å². The third-order valence-electron chi connectivity index (χ3n) is 5.85. The van der Waals surface area contributed by atoms with Crippen LogP contribution in [0.5, 0.6) is 5.75 Å². The van der Waals surface area contributed by atoms with Gasteiger partial charge in [0.2, 0.25) is 0 Å². The minimum atomic E-state index is -0.303. The predicted octanol–water partition coefficient (Wildman–Crippen LogP) is 7.14. The van der Waals surface area contributed by atoms with Gasteiger partial charge in [-0.1, -0.05) is 45.4 Å². The van der Waals surface area contributed by atoms with Crippen LogP contribution < -0.4 is 4.74 Å². The average molecular weight is 397 g/mol. The lowest BCUT2D eigenvalue weighted by atomic mass is 9.68. The van der Waals surface area contributed by atoms with E-state index in [0.29, 0.717) is 17.9 Å². The lowest BCUT2D eigenvalue weighted by Gasteiger charge is -2.37. The average Bonchev–Trinajstić information content (AvgIpc) is 2.69. The van der Waals surface area contributed by atoms with Gasteiger partial charge in [0.15, 0.2) is 0 Å². The number of rotatable bonds is 8. The molecule has 0 aliphatic heterocycles. The molecule has 2 rings (SSSR count). The van der Waals surface area contributed by atoms with E-state index in [9.17, 15) is 4.79 Å². The van der Waals surface area contributed by atoms with Crippen molar-refractivity contribution in [1.82, 2.24) is 0 Å². The van der Waals surface area contributed by atoms with Crippen molar-refractivity contribution in [2.45, 2.75) is 66.7 Å². The standard InChI is InChI=1S/C26H36O3/c1-8-10-16-29-25(27)20-13-14-21(22(17-20)28-7)23(18(3)9-2)24-19(4)12-11-15-26(24,5)6/h9,13-14,17H,2,8,10-12,15-16H2,1,3-7H3. The molecule has 1 aliphatic carbocycles. The lowest BCUT2D eigenvalue weighted by Crippen LogP contribution is -2.22. The maximum atomic E-state index is 12.4. The summed E-state index contributed by atoms with van der Waals surface area (Å²) in [7, 11) is 1.65. The molecule has 0 N–H and O–H groups in total. The molecule has 158 valence electrons. The third kappa shape index (κ3) is 5.20. The number of carbonyl (C=O) groups excluding carboxylic acids is 1. The molecule has 0 fully saturated rings. The van der Waals surface area contributed by atoms with Crippen LogP contribution in [0, 0.1) is 5.41 Å². The van der Waals surface area contributed by atoms with Gasteiger partial charge in [-0.05, 0) is 79.9 Å². The molecule has 0 bridgehead atoms. The second-order valence-electron chi connectivity index (χ2n) is 8.56. The quantitative estimate of drug-likeness (QED) is 0.266. The van der Waals surface area contributed by atoms with Gasteiger partial charge in [0.05, 0.1) is 19.3 Å². The minimum Gasteiger partial charge on any atom is -0.496 e. The molecule has 1 aliphatic rings. The van der Waals surface area contributed by atoms with Gasteiger partial charge in [-0.15, -0.1) is 0 Å². The van der Waals surface area contributed by atoms with E-state index in [1.165, 1.54) is 23.1 Å². The fourth-order valence-corrected chi connectivity index (χ4v) is 4.24. The first-order chi connectivity index (χ1) is 13.8. The Morgan fingerprint density at radius 2 is 2.03 bits per heavy atom. The van der Waals surface area contributed by atoms with E-state index in [1.807, 2.05) is 18.2 Å². The molecule has 0 saturated heterocycles. The minimum absolute atomic E-state index is 0.0741. The molecule has 0 heterocycles. The number of benzene rings is 1. The zero-order chi connectivity index (χ0) is 21.6. The molecular weight excluding hydrogens is 360 g/mol. The van der Waals surface area contributed by atoms with E-state index in [2.05, 4.69) is 41.2 Å². The van der Waals surface area contributed by atoms with E-state index in [0.717, 1.165) is 36.8 Å². The van der Waals surface area contributed by atoms with Crippen LogP contribution in [0.1, 0.15) is 82.6 Å². The first-order valence-electron chi connectivity index (χ1n) is 10.7. The number of carbonyl (C=O) groups is 1. The molecule has 0 aromatic heterocycles. The molecule has 0 atom stereocenters. The summed E-state index contributed by atoms with van der Waals surface area (Å²) in [4.78, 5) is 12.4. The van der Waals surface area contributed by atoms with Crippen molar-refractivity contribution in [2.75, 3.05) is 13.7 Å². The van der Waals surface area contributed by atoms with Crippen molar-refractivity contribution in [2.24, 2.45) is 5.41 Å². The first-order valence-corrected chi connectivity index (χ1v) is 10.7. The Bertz CT molecular complexity index is 824. The summed E-state index contributed by atoms with van der Waals surface area (Å²) in [5.74, 6) is 0.385.